The van der Waals surface area contributed by atoms with Crippen LogP contribution in [-0.4, -0.2) is 20.6 Å². The van der Waals surface area contributed by atoms with E-state index in [0.29, 0.717) is 9.93 Å². The molecule has 0 saturated carbocycles. The predicted molar refractivity (Wildman–Crippen MR) is 82.0 cm³/mol. The highest BCUT2D eigenvalue weighted by Gasteiger charge is 2.19. The molecule has 4 heteroatoms. The summed E-state index contributed by atoms with van der Waals surface area (Å²) in [5.74, 6) is 0. The second-order valence-electron chi connectivity index (χ2n) is 6.07. The molecule has 0 heterocycles. The lowest BCUT2D eigenvalue weighted by molar-refractivity contribution is 0.361. The van der Waals surface area contributed by atoms with E-state index in [-0.39, 0.29) is 5.43 Å². The molecule has 1 N–H and O–H groups in total. The van der Waals surface area contributed by atoms with Crippen LogP contribution >= 0.6 is 12.2 Å². The zero-order valence-electron chi connectivity index (χ0n) is 12.1. The van der Waals surface area contributed by atoms with Crippen molar-refractivity contribution in [3.63, 3.8) is 0 Å². The van der Waals surface area contributed by atoms with Gasteiger partial charge in [0.15, 0.2) is 0 Å². The predicted octanol–water partition coefficient (Wildman–Crippen LogP) is 3.35. The summed E-state index contributed by atoms with van der Waals surface area (Å²) in [6.07, 6.45) is 3.51. The molecule has 0 radical (unpaired) electrons. The van der Waals surface area contributed by atoms with Crippen LogP contribution in [0.1, 0.15) is 40.0 Å². The van der Waals surface area contributed by atoms with Crippen LogP contribution in [0.15, 0.2) is 4.79 Å². The fourth-order valence-corrected chi connectivity index (χ4v) is 2.39. The van der Waals surface area contributed by atoms with Crippen molar-refractivity contribution < 1.29 is 0 Å². The third kappa shape index (κ3) is 3.55. The van der Waals surface area contributed by atoms with Gasteiger partial charge in [-0.2, -0.15) is 0 Å². The van der Waals surface area contributed by atoms with E-state index in [1.165, 1.54) is 12.8 Å². The number of hydrogen-bond acceptors (Lipinski definition) is 4. The van der Waals surface area contributed by atoms with Crippen LogP contribution in [0.5, 0.6) is 0 Å². The van der Waals surface area contributed by atoms with Crippen molar-refractivity contribution in [3.8, 4) is 0 Å². The van der Waals surface area contributed by atoms with Crippen molar-refractivity contribution in [2.45, 2.75) is 40.0 Å². The maximum absolute atomic E-state index is 11.7. The Balaban J connectivity index is 2.47. The van der Waals surface area contributed by atoms with Gasteiger partial charge >= 0.3 is 0 Å². The van der Waals surface area contributed by atoms with Crippen molar-refractivity contribution >= 4 is 23.6 Å². The third-order valence-electron chi connectivity index (χ3n) is 3.19. The Morgan fingerprint density at radius 1 is 1.28 bits per heavy atom. The van der Waals surface area contributed by atoms with Crippen LogP contribution in [0.4, 0.5) is 11.4 Å². The quantitative estimate of drug-likeness (QED) is 0.633. The standard InChI is InChI=1S/C14H24N2OS/c1-14(2,3)8-6-7-9-16(5)11-10(15-4)13(18)12(11)17/h15H,6-9H2,1-5H3. The topological polar surface area (TPSA) is 32.3 Å². The summed E-state index contributed by atoms with van der Waals surface area (Å²) in [5.41, 5.74) is 1.97. The molecule has 1 aromatic carbocycles. The van der Waals surface area contributed by atoms with E-state index >= 15 is 0 Å². The van der Waals surface area contributed by atoms with Gasteiger partial charge in [0.05, 0.1) is 5.69 Å². The van der Waals surface area contributed by atoms with Gasteiger partial charge in [0.25, 0.3) is 0 Å². The van der Waals surface area contributed by atoms with Gasteiger partial charge in [-0.1, -0.05) is 39.4 Å². The van der Waals surface area contributed by atoms with Crippen molar-refractivity contribution in [2.75, 3.05) is 30.9 Å². The highest BCUT2D eigenvalue weighted by Crippen LogP contribution is 2.26. The van der Waals surface area contributed by atoms with E-state index in [1.807, 2.05) is 19.0 Å². The molecule has 102 valence electrons. The first-order valence-corrected chi connectivity index (χ1v) is 6.91. The number of nitrogens with one attached hydrogen (secondary N) is 1. The summed E-state index contributed by atoms with van der Waals surface area (Å²) in [5, 5.41) is 3.00. The number of anilines is 2. The highest BCUT2D eigenvalue weighted by molar-refractivity contribution is 7.71. The number of unbranched alkanes of at least 4 members (excludes halogenated alkanes) is 1. The van der Waals surface area contributed by atoms with Gasteiger partial charge < -0.3 is 10.2 Å². The molecule has 0 amide bonds. The van der Waals surface area contributed by atoms with Crippen LogP contribution in [0, 0.1) is 9.93 Å². The molecule has 1 aromatic rings. The van der Waals surface area contributed by atoms with E-state index < -0.39 is 0 Å². The van der Waals surface area contributed by atoms with Crippen molar-refractivity contribution in [1.29, 1.82) is 0 Å². The van der Waals surface area contributed by atoms with Gasteiger partial charge in [-0.3, -0.25) is 4.79 Å². The van der Waals surface area contributed by atoms with Gasteiger partial charge in [0.1, 0.15) is 10.2 Å². The summed E-state index contributed by atoms with van der Waals surface area (Å²) in [4.78, 5) is 13.7. The molecule has 0 bridgehead atoms. The summed E-state index contributed by atoms with van der Waals surface area (Å²) < 4.78 is 0.439. The molecule has 0 aromatic heterocycles. The molecule has 3 nitrogen and oxygen atoms in total. The fourth-order valence-electron chi connectivity index (χ4n) is 2.09. The van der Waals surface area contributed by atoms with E-state index in [2.05, 4.69) is 26.1 Å². The fraction of sp³-hybridized carbons (Fsp3) is 0.714. The average Bonchev–Trinajstić information content (AvgIpc) is 2.28. The van der Waals surface area contributed by atoms with Crippen LogP contribution < -0.4 is 15.6 Å². The molecule has 0 fully saturated rings. The van der Waals surface area contributed by atoms with Gasteiger partial charge in [-0.15, -0.1) is 0 Å². The number of hydrogen-bond donors (Lipinski definition) is 1. The Labute approximate surface area is 115 Å². The molecule has 0 spiro atoms. The molecule has 0 aliphatic heterocycles. The molecule has 0 aliphatic rings. The molecule has 0 saturated heterocycles. The van der Waals surface area contributed by atoms with Crippen LogP contribution in [0.3, 0.4) is 0 Å². The SMILES string of the molecule is CNc1c(N(C)CCCCC(C)(C)C)c(=O)c1=S. The Bertz CT molecular complexity index is 467. The van der Waals surface area contributed by atoms with Gasteiger partial charge in [-0.25, -0.2) is 0 Å². The monoisotopic (exact) mass is 268 g/mol. The largest absolute Gasteiger partial charge is 0.385 e. The Kier molecular flexibility index (Phi) is 4.91. The van der Waals surface area contributed by atoms with E-state index in [4.69, 9.17) is 12.2 Å². The lowest BCUT2D eigenvalue weighted by atomic mass is 9.90. The zero-order valence-corrected chi connectivity index (χ0v) is 12.9. The minimum atomic E-state index is 0.00710. The molecule has 0 atom stereocenters. The van der Waals surface area contributed by atoms with Gasteiger partial charge in [-0.05, 0) is 18.3 Å². The van der Waals surface area contributed by atoms with Gasteiger partial charge in [0, 0.05) is 20.6 Å². The molecular weight excluding hydrogens is 244 g/mol. The first-order valence-electron chi connectivity index (χ1n) is 6.50. The van der Waals surface area contributed by atoms with E-state index in [1.54, 1.807) is 0 Å². The van der Waals surface area contributed by atoms with Crippen molar-refractivity contribution in [1.82, 2.24) is 0 Å². The van der Waals surface area contributed by atoms with Crippen LogP contribution in [0.25, 0.3) is 0 Å². The highest BCUT2D eigenvalue weighted by atomic mass is 32.1. The van der Waals surface area contributed by atoms with Crippen molar-refractivity contribution in [2.24, 2.45) is 5.41 Å². The Morgan fingerprint density at radius 3 is 2.39 bits per heavy atom. The second-order valence-corrected chi connectivity index (χ2v) is 6.48. The van der Waals surface area contributed by atoms with Gasteiger partial charge in [0.2, 0.25) is 5.43 Å². The number of nitrogens with zero attached hydrogens (tertiary/aromatic N) is 1. The molecule has 18 heavy (non-hydrogen) atoms. The Morgan fingerprint density at radius 2 is 1.89 bits per heavy atom. The van der Waals surface area contributed by atoms with Crippen LogP contribution in [0.2, 0.25) is 0 Å². The van der Waals surface area contributed by atoms with E-state index in [0.717, 1.165) is 24.3 Å². The molecule has 0 aliphatic carbocycles. The minimum absolute atomic E-state index is 0.00710. The van der Waals surface area contributed by atoms with E-state index in [9.17, 15) is 4.79 Å². The Hall–Kier alpha value is -0.900. The molecule has 0 unspecified atom stereocenters. The van der Waals surface area contributed by atoms with Crippen LogP contribution in [-0.2, 0) is 0 Å². The summed E-state index contributed by atoms with van der Waals surface area (Å²) in [7, 11) is 3.77. The molecular formula is C14H24N2OS. The first kappa shape index (κ1) is 15.2. The number of rotatable bonds is 6. The molecule has 1 rings (SSSR count). The average molecular weight is 268 g/mol. The second kappa shape index (κ2) is 5.83. The lowest BCUT2D eigenvalue weighted by Crippen LogP contribution is -2.30. The first-order chi connectivity index (χ1) is 8.28. The summed E-state index contributed by atoms with van der Waals surface area (Å²) in [6, 6.07) is 0. The van der Waals surface area contributed by atoms with Crippen molar-refractivity contribution in [3.05, 3.63) is 14.7 Å². The maximum Gasteiger partial charge on any atom is 0.224 e. The maximum atomic E-state index is 11.7. The summed E-state index contributed by atoms with van der Waals surface area (Å²) in [6.45, 7) is 7.68. The smallest absolute Gasteiger partial charge is 0.224 e. The lowest BCUT2D eigenvalue weighted by Gasteiger charge is -2.24. The third-order valence-corrected chi connectivity index (χ3v) is 3.58. The minimum Gasteiger partial charge on any atom is -0.385 e. The summed E-state index contributed by atoms with van der Waals surface area (Å²) >= 11 is 5.01. The normalized spacial score (nSPS) is 11.8. The zero-order chi connectivity index (χ0) is 13.9.